The summed E-state index contributed by atoms with van der Waals surface area (Å²) in [5.41, 5.74) is 4.24. The lowest BCUT2D eigenvalue weighted by molar-refractivity contribution is 0.102. The molecule has 1 aliphatic carbocycles. The first-order valence-electron chi connectivity index (χ1n) is 7.14. The van der Waals surface area contributed by atoms with E-state index < -0.39 is 0 Å². The predicted molar refractivity (Wildman–Crippen MR) is 79.2 cm³/mol. The molecule has 20 heavy (non-hydrogen) atoms. The fourth-order valence-electron chi connectivity index (χ4n) is 2.94. The first kappa shape index (κ1) is 13.0. The van der Waals surface area contributed by atoms with E-state index in [-0.39, 0.29) is 5.91 Å². The molecule has 3 heteroatoms. The van der Waals surface area contributed by atoms with Gasteiger partial charge in [-0.2, -0.15) is 0 Å². The molecule has 0 radical (unpaired) electrons. The zero-order valence-electron chi connectivity index (χ0n) is 12.0. The van der Waals surface area contributed by atoms with Crippen LogP contribution in [0.4, 0.5) is 5.69 Å². The van der Waals surface area contributed by atoms with E-state index in [1.165, 1.54) is 24.0 Å². The van der Waals surface area contributed by atoms with Crippen molar-refractivity contribution in [1.82, 2.24) is 0 Å². The van der Waals surface area contributed by atoms with Gasteiger partial charge >= 0.3 is 0 Å². The van der Waals surface area contributed by atoms with Crippen LogP contribution in [0.25, 0.3) is 0 Å². The molecule has 3 rings (SSSR count). The van der Waals surface area contributed by atoms with Crippen molar-refractivity contribution >= 4 is 11.6 Å². The molecule has 104 valence electrons. The third-order valence-corrected chi connectivity index (χ3v) is 3.93. The number of carbonyl (C=O) groups excluding carboxylic acids is 1. The Morgan fingerprint density at radius 1 is 1.20 bits per heavy atom. The smallest absolute Gasteiger partial charge is 0.259 e. The Kier molecular flexibility index (Phi) is 3.35. The number of carbonyl (C=O) groups is 1. The summed E-state index contributed by atoms with van der Waals surface area (Å²) < 4.78 is 5.43. The van der Waals surface area contributed by atoms with E-state index in [1.54, 1.807) is 6.07 Å². The van der Waals surface area contributed by atoms with Gasteiger partial charge in [0.25, 0.3) is 5.91 Å². The number of rotatable bonds is 2. The summed E-state index contributed by atoms with van der Waals surface area (Å²) in [5, 5.41) is 3.04. The summed E-state index contributed by atoms with van der Waals surface area (Å²) >= 11 is 0. The molecule has 0 spiro atoms. The van der Waals surface area contributed by atoms with Crippen LogP contribution in [-0.2, 0) is 12.8 Å². The Labute approximate surface area is 119 Å². The van der Waals surface area contributed by atoms with Crippen molar-refractivity contribution in [2.75, 3.05) is 5.32 Å². The van der Waals surface area contributed by atoms with Crippen molar-refractivity contribution in [3.63, 3.8) is 0 Å². The molecule has 0 bridgehead atoms. The van der Waals surface area contributed by atoms with Crippen LogP contribution in [0.1, 0.15) is 45.8 Å². The molecule has 1 N–H and O–H groups in total. The number of furan rings is 1. The summed E-state index contributed by atoms with van der Waals surface area (Å²) in [6, 6.07) is 7.97. The minimum atomic E-state index is -0.0849. The van der Waals surface area contributed by atoms with Crippen molar-refractivity contribution in [2.24, 2.45) is 0 Å². The van der Waals surface area contributed by atoms with Crippen molar-refractivity contribution in [1.29, 1.82) is 0 Å². The lowest BCUT2D eigenvalue weighted by Gasteiger charge is -2.19. The fraction of sp³-hybridized carbons (Fsp3) is 0.353. The van der Waals surface area contributed by atoms with Gasteiger partial charge in [-0.05, 0) is 62.8 Å². The van der Waals surface area contributed by atoms with Gasteiger partial charge in [-0.15, -0.1) is 0 Å². The molecule has 0 saturated carbocycles. The van der Waals surface area contributed by atoms with E-state index >= 15 is 0 Å². The van der Waals surface area contributed by atoms with E-state index in [1.807, 2.05) is 26.0 Å². The minimum absolute atomic E-state index is 0.0849. The molecule has 1 aliphatic rings. The molecule has 1 aromatic heterocycles. The highest BCUT2D eigenvalue weighted by Crippen LogP contribution is 2.28. The second-order valence-corrected chi connectivity index (χ2v) is 5.43. The zero-order chi connectivity index (χ0) is 14.1. The third kappa shape index (κ3) is 2.36. The number of amides is 1. The third-order valence-electron chi connectivity index (χ3n) is 3.93. The molecular weight excluding hydrogens is 250 g/mol. The van der Waals surface area contributed by atoms with Crippen LogP contribution in [0.5, 0.6) is 0 Å². The molecule has 1 amide bonds. The molecule has 2 aromatic rings. The molecular formula is C17H19NO2. The van der Waals surface area contributed by atoms with Crippen molar-refractivity contribution < 1.29 is 9.21 Å². The van der Waals surface area contributed by atoms with E-state index in [0.29, 0.717) is 11.3 Å². The first-order valence-corrected chi connectivity index (χ1v) is 7.14. The number of aryl methyl sites for hydroxylation is 3. The monoisotopic (exact) mass is 269 g/mol. The van der Waals surface area contributed by atoms with Gasteiger partial charge in [0.15, 0.2) is 0 Å². The molecule has 0 saturated heterocycles. The van der Waals surface area contributed by atoms with Crippen molar-refractivity contribution in [3.8, 4) is 0 Å². The van der Waals surface area contributed by atoms with E-state index in [4.69, 9.17) is 4.42 Å². The van der Waals surface area contributed by atoms with Crippen LogP contribution < -0.4 is 5.32 Å². The lowest BCUT2D eigenvalue weighted by atomic mass is 9.90. The van der Waals surface area contributed by atoms with Crippen molar-refractivity contribution in [2.45, 2.75) is 39.5 Å². The Bertz CT molecular complexity index is 655. The van der Waals surface area contributed by atoms with E-state index in [9.17, 15) is 4.79 Å². The normalized spacial score (nSPS) is 13.9. The Morgan fingerprint density at radius 2 is 2.00 bits per heavy atom. The van der Waals surface area contributed by atoms with E-state index in [0.717, 1.165) is 24.3 Å². The van der Waals surface area contributed by atoms with Gasteiger partial charge < -0.3 is 9.73 Å². The summed E-state index contributed by atoms with van der Waals surface area (Å²) in [5.74, 6) is 1.35. The topological polar surface area (TPSA) is 42.2 Å². The van der Waals surface area contributed by atoms with Gasteiger partial charge in [-0.3, -0.25) is 4.79 Å². The van der Waals surface area contributed by atoms with Gasteiger partial charge in [0.2, 0.25) is 0 Å². The molecule has 1 heterocycles. The van der Waals surface area contributed by atoms with Gasteiger partial charge in [0.1, 0.15) is 11.5 Å². The second-order valence-electron chi connectivity index (χ2n) is 5.43. The maximum Gasteiger partial charge on any atom is 0.259 e. The molecule has 0 atom stereocenters. The van der Waals surface area contributed by atoms with Crippen LogP contribution in [0.15, 0.2) is 28.7 Å². The average Bonchev–Trinajstić information content (AvgIpc) is 2.78. The SMILES string of the molecule is Cc1cc(C(=O)Nc2cccc3c2CCCC3)c(C)o1. The van der Waals surface area contributed by atoms with E-state index in [2.05, 4.69) is 11.4 Å². The van der Waals surface area contributed by atoms with Gasteiger partial charge in [0, 0.05) is 5.69 Å². The Morgan fingerprint density at radius 3 is 2.75 bits per heavy atom. The summed E-state index contributed by atoms with van der Waals surface area (Å²) in [6.07, 6.45) is 4.60. The second kappa shape index (κ2) is 5.16. The fourth-order valence-corrected chi connectivity index (χ4v) is 2.94. The standard InChI is InChI=1S/C17H19NO2/c1-11-10-15(12(2)20-11)17(19)18-16-9-5-7-13-6-3-4-8-14(13)16/h5,7,9-10H,3-4,6,8H2,1-2H3,(H,18,19). The van der Waals surface area contributed by atoms with Crippen LogP contribution in [0.2, 0.25) is 0 Å². The number of fused-ring (bicyclic) bond motifs is 1. The van der Waals surface area contributed by atoms with Crippen molar-refractivity contribution in [3.05, 3.63) is 52.5 Å². The van der Waals surface area contributed by atoms with Crippen LogP contribution >= 0.6 is 0 Å². The molecule has 0 unspecified atom stereocenters. The Hall–Kier alpha value is -2.03. The number of hydrogen-bond acceptors (Lipinski definition) is 2. The summed E-state index contributed by atoms with van der Waals surface area (Å²) in [4.78, 5) is 12.4. The van der Waals surface area contributed by atoms with Crippen LogP contribution in [0.3, 0.4) is 0 Å². The van der Waals surface area contributed by atoms with Crippen LogP contribution in [0, 0.1) is 13.8 Å². The maximum absolute atomic E-state index is 12.4. The minimum Gasteiger partial charge on any atom is -0.466 e. The Balaban J connectivity index is 1.88. The quantitative estimate of drug-likeness (QED) is 0.894. The molecule has 0 fully saturated rings. The number of benzene rings is 1. The molecule has 3 nitrogen and oxygen atoms in total. The highest BCUT2D eigenvalue weighted by molar-refractivity contribution is 6.05. The number of hydrogen-bond donors (Lipinski definition) is 1. The molecule has 1 aromatic carbocycles. The highest BCUT2D eigenvalue weighted by Gasteiger charge is 2.17. The zero-order valence-corrected chi connectivity index (χ0v) is 12.0. The number of anilines is 1. The lowest BCUT2D eigenvalue weighted by Crippen LogP contribution is -2.15. The maximum atomic E-state index is 12.4. The van der Waals surface area contributed by atoms with Gasteiger partial charge in [-0.1, -0.05) is 12.1 Å². The first-order chi connectivity index (χ1) is 9.65. The summed E-state index contributed by atoms with van der Waals surface area (Å²) in [7, 11) is 0. The van der Waals surface area contributed by atoms with Gasteiger partial charge in [-0.25, -0.2) is 0 Å². The highest BCUT2D eigenvalue weighted by atomic mass is 16.3. The number of nitrogens with one attached hydrogen (secondary N) is 1. The molecule has 0 aliphatic heterocycles. The summed E-state index contributed by atoms with van der Waals surface area (Å²) in [6.45, 7) is 3.68. The predicted octanol–water partition coefficient (Wildman–Crippen LogP) is 4.03. The largest absolute Gasteiger partial charge is 0.466 e. The average molecular weight is 269 g/mol. The van der Waals surface area contributed by atoms with Gasteiger partial charge in [0.05, 0.1) is 5.56 Å². The van der Waals surface area contributed by atoms with Crippen LogP contribution in [-0.4, -0.2) is 5.91 Å².